The normalized spacial score (nSPS) is 15.0. The smallest absolute Gasteiger partial charge is 0.262 e. The van der Waals surface area contributed by atoms with Gasteiger partial charge in [-0.25, -0.2) is 4.98 Å². The van der Waals surface area contributed by atoms with Crippen molar-refractivity contribution in [2.45, 2.75) is 37.5 Å². The van der Waals surface area contributed by atoms with Crippen LogP contribution in [0.4, 0.5) is 0 Å². The summed E-state index contributed by atoms with van der Waals surface area (Å²) in [5.41, 5.74) is 1.65. The number of hydrogen-bond acceptors (Lipinski definition) is 6. The Bertz CT molecular complexity index is 1220. The fraction of sp³-hybridized carbons (Fsp3) is 0.375. The first-order valence-corrected chi connectivity index (χ1v) is 11.9. The average molecular weight is 452 g/mol. The molecular formula is C24H25N3O4S. The quantitative estimate of drug-likeness (QED) is 0.403. The molecule has 0 bridgehead atoms. The highest BCUT2D eigenvalue weighted by atomic mass is 32.2. The Morgan fingerprint density at radius 2 is 1.94 bits per heavy atom. The summed E-state index contributed by atoms with van der Waals surface area (Å²) in [4.78, 5) is 32.6. The monoisotopic (exact) mass is 451 g/mol. The molecule has 1 aromatic heterocycles. The van der Waals surface area contributed by atoms with Crippen molar-refractivity contribution in [3.63, 3.8) is 0 Å². The van der Waals surface area contributed by atoms with Crippen LogP contribution in [0.15, 0.2) is 52.4 Å². The molecule has 0 unspecified atom stereocenters. The minimum absolute atomic E-state index is 0.0112. The van der Waals surface area contributed by atoms with E-state index in [-0.39, 0.29) is 23.3 Å². The molecule has 7 nitrogen and oxygen atoms in total. The van der Waals surface area contributed by atoms with Crippen LogP contribution in [0.1, 0.15) is 31.4 Å². The zero-order valence-corrected chi connectivity index (χ0v) is 18.8. The van der Waals surface area contributed by atoms with Crippen LogP contribution < -0.4 is 15.0 Å². The van der Waals surface area contributed by atoms with Crippen molar-refractivity contribution in [1.29, 1.82) is 0 Å². The summed E-state index contributed by atoms with van der Waals surface area (Å²) in [5, 5.41) is 1.25. The Labute approximate surface area is 190 Å². The lowest BCUT2D eigenvalue weighted by Crippen LogP contribution is -2.32. The van der Waals surface area contributed by atoms with Gasteiger partial charge in [-0.2, -0.15) is 0 Å². The van der Waals surface area contributed by atoms with Crippen molar-refractivity contribution in [3.05, 3.63) is 58.4 Å². The van der Waals surface area contributed by atoms with Crippen molar-refractivity contribution in [2.24, 2.45) is 0 Å². The van der Waals surface area contributed by atoms with E-state index in [0.717, 1.165) is 29.9 Å². The number of carbonyl (C=O) groups excluding carboxylic acids is 1. The highest BCUT2D eigenvalue weighted by Gasteiger charge is 2.29. The molecule has 1 fully saturated rings. The predicted octanol–water partition coefficient (Wildman–Crippen LogP) is 3.64. The fourth-order valence-electron chi connectivity index (χ4n) is 3.88. The molecule has 0 atom stereocenters. The van der Waals surface area contributed by atoms with E-state index in [4.69, 9.17) is 14.5 Å². The predicted molar refractivity (Wildman–Crippen MR) is 124 cm³/mol. The summed E-state index contributed by atoms with van der Waals surface area (Å²) in [7, 11) is 0. The van der Waals surface area contributed by atoms with Gasteiger partial charge in [0.15, 0.2) is 16.7 Å². The van der Waals surface area contributed by atoms with Gasteiger partial charge < -0.3 is 14.4 Å². The van der Waals surface area contributed by atoms with Gasteiger partial charge in [-0.05, 0) is 49.6 Å². The summed E-state index contributed by atoms with van der Waals surface area (Å²) in [5.74, 6) is 1.71. The van der Waals surface area contributed by atoms with Gasteiger partial charge in [0, 0.05) is 19.1 Å². The van der Waals surface area contributed by atoms with Crippen LogP contribution in [0.3, 0.4) is 0 Å². The van der Waals surface area contributed by atoms with E-state index in [2.05, 4.69) is 0 Å². The molecule has 0 spiro atoms. The number of fused-ring (bicyclic) bond motifs is 2. The van der Waals surface area contributed by atoms with Crippen molar-refractivity contribution in [3.8, 4) is 11.5 Å². The molecule has 1 saturated carbocycles. The maximum absolute atomic E-state index is 13.0. The van der Waals surface area contributed by atoms with Crippen LogP contribution in [-0.4, -0.2) is 45.9 Å². The molecule has 0 N–H and O–H groups in total. The second kappa shape index (κ2) is 8.86. The average Bonchev–Trinajstić information content (AvgIpc) is 3.66. The molecule has 32 heavy (non-hydrogen) atoms. The summed E-state index contributed by atoms with van der Waals surface area (Å²) in [6.07, 6.45) is 1.96. The standard InChI is InChI=1S/C24H25N3O4S/c1-2-26(14-16-7-10-20-21(13-16)31-12-11-30-20)22(28)15-32-24-25-19-6-4-3-5-18(19)23(29)27(24)17-8-9-17/h3-7,10,13,17H,2,8-9,11-12,14-15H2,1H3. The molecule has 5 rings (SSSR count). The number of rotatable bonds is 7. The lowest BCUT2D eigenvalue weighted by Gasteiger charge is -2.23. The summed E-state index contributed by atoms with van der Waals surface area (Å²) >= 11 is 1.35. The third-order valence-corrected chi connectivity index (χ3v) is 6.66. The SMILES string of the molecule is CCN(Cc1ccc2c(c1)OCCO2)C(=O)CSc1nc2ccccc2c(=O)n1C1CC1. The Morgan fingerprint density at radius 3 is 2.72 bits per heavy atom. The molecule has 0 saturated heterocycles. The molecule has 8 heteroatoms. The van der Waals surface area contributed by atoms with E-state index in [9.17, 15) is 9.59 Å². The van der Waals surface area contributed by atoms with Crippen molar-refractivity contribution in [2.75, 3.05) is 25.5 Å². The van der Waals surface area contributed by atoms with Gasteiger partial charge >= 0.3 is 0 Å². The van der Waals surface area contributed by atoms with Gasteiger partial charge in [-0.3, -0.25) is 14.2 Å². The van der Waals surface area contributed by atoms with E-state index in [0.29, 0.717) is 42.4 Å². The van der Waals surface area contributed by atoms with Crippen LogP contribution >= 0.6 is 11.8 Å². The lowest BCUT2D eigenvalue weighted by atomic mass is 10.2. The largest absolute Gasteiger partial charge is 0.486 e. The zero-order valence-electron chi connectivity index (χ0n) is 18.0. The maximum Gasteiger partial charge on any atom is 0.262 e. The number of carbonyl (C=O) groups is 1. The van der Waals surface area contributed by atoms with E-state index in [1.165, 1.54) is 11.8 Å². The lowest BCUT2D eigenvalue weighted by molar-refractivity contribution is -0.128. The Hall–Kier alpha value is -3.00. The number of thioether (sulfide) groups is 1. The molecule has 166 valence electrons. The number of nitrogens with zero attached hydrogens (tertiary/aromatic N) is 3. The van der Waals surface area contributed by atoms with Gasteiger partial charge in [0.05, 0.1) is 16.7 Å². The number of hydrogen-bond donors (Lipinski definition) is 0. The van der Waals surface area contributed by atoms with Gasteiger partial charge in [0.1, 0.15) is 13.2 Å². The first-order valence-electron chi connectivity index (χ1n) is 10.9. The van der Waals surface area contributed by atoms with Crippen LogP contribution in [0.5, 0.6) is 11.5 Å². The van der Waals surface area contributed by atoms with E-state index in [1.54, 1.807) is 9.47 Å². The van der Waals surface area contributed by atoms with Crippen LogP contribution in [0, 0.1) is 0 Å². The van der Waals surface area contributed by atoms with E-state index < -0.39 is 0 Å². The third-order valence-electron chi connectivity index (χ3n) is 5.73. The van der Waals surface area contributed by atoms with Crippen LogP contribution in [-0.2, 0) is 11.3 Å². The fourth-order valence-corrected chi connectivity index (χ4v) is 4.85. The highest BCUT2D eigenvalue weighted by molar-refractivity contribution is 7.99. The van der Waals surface area contributed by atoms with Crippen molar-refractivity contribution < 1.29 is 14.3 Å². The minimum Gasteiger partial charge on any atom is -0.486 e. The molecule has 1 aliphatic carbocycles. The maximum atomic E-state index is 13.0. The molecule has 2 aromatic carbocycles. The van der Waals surface area contributed by atoms with Gasteiger partial charge in [-0.15, -0.1) is 0 Å². The number of para-hydroxylation sites is 1. The summed E-state index contributed by atoms with van der Waals surface area (Å²) in [6.45, 7) is 4.14. The van der Waals surface area contributed by atoms with E-state index >= 15 is 0 Å². The van der Waals surface area contributed by atoms with Crippen LogP contribution in [0.25, 0.3) is 10.9 Å². The van der Waals surface area contributed by atoms with Crippen molar-refractivity contribution >= 4 is 28.6 Å². The van der Waals surface area contributed by atoms with Gasteiger partial charge in [0.25, 0.3) is 5.56 Å². The van der Waals surface area contributed by atoms with Gasteiger partial charge in [-0.1, -0.05) is 30.0 Å². The molecule has 1 amide bonds. The molecule has 2 heterocycles. The zero-order chi connectivity index (χ0) is 22.1. The topological polar surface area (TPSA) is 73.7 Å². The first-order chi connectivity index (χ1) is 15.6. The molecule has 2 aliphatic rings. The molecule has 0 radical (unpaired) electrons. The second-order valence-electron chi connectivity index (χ2n) is 7.99. The Kier molecular flexibility index (Phi) is 5.78. The number of benzene rings is 2. The number of amides is 1. The minimum atomic E-state index is -0.0170. The number of ether oxygens (including phenoxy) is 2. The van der Waals surface area contributed by atoms with Crippen molar-refractivity contribution in [1.82, 2.24) is 14.5 Å². The summed E-state index contributed by atoms with van der Waals surface area (Å²) in [6, 6.07) is 13.4. The third kappa shape index (κ3) is 4.19. The Balaban J connectivity index is 1.32. The first kappa shape index (κ1) is 20.9. The Morgan fingerprint density at radius 1 is 1.16 bits per heavy atom. The molecule has 1 aliphatic heterocycles. The molecular weight excluding hydrogens is 426 g/mol. The number of aromatic nitrogens is 2. The van der Waals surface area contributed by atoms with Crippen LogP contribution in [0.2, 0.25) is 0 Å². The molecule has 3 aromatic rings. The van der Waals surface area contributed by atoms with Gasteiger partial charge in [0.2, 0.25) is 5.91 Å². The van der Waals surface area contributed by atoms with E-state index in [1.807, 2.05) is 49.4 Å². The second-order valence-corrected chi connectivity index (χ2v) is 8.93. The summed E-state index contributed by atoms with van der Waals surface area (Å²) < 4.78 is 13.0. The highest BCUT2D eigenvalue weighted by Crippen LogP contribution is 2.37.